The van der Waals surface area contributed by atoms with E-state index in [-0.39, 0.29) is 12.0 Å². The monoisotopic (exact) mass is 450 g/mol. The Bertz CT molecular complexity index is 1010. The fraction of sp³-hybridized carbons (Fsp3) is 0.360. The number of rotatable bonds is 9. The summed E-state index contributed by atoms with van der Waals surface area (Å²) in [5.74, 6) is 0.881. The van der Waals surface area contributed by atoms with Gasteiger partial charge in [-0.1, -0.05) is 18.2 Å². The topological polar surface area (TPSA) is 57.7 Å². The minimum absolute atomic E-state index is 0.0320. The largest absolute Gasteiger partial charge is 0.485 e. The second-order valence-electron chi connectivity index (χ2n) is 7.86. The number of carbonyl (C=O) groups is 1. The number of nitrogens with zero attached hydrogens (tertiary/aromatic N) is 3. The number of hydrogen-bond donors (Lipinski definition) is 1. The fourth-order valence-electron chi connectivity index (χ4n) is 4.01. The number of fused-ring (bicyclic) bond motifs is 1. The van der Waals surface area contributed by atoms with Crippen LogP contribution in [0.1, 0.15) is 40.2 Å². The van der Waals surface area contributed by atoms with Crippen LogP contribution in [0.2, 0.25) is 0 Å². The molecule has 1 N–H and O–H groups in total. The van der Waals surface area contributed by atoms with Crippen LogP contribution in [-0.4, -0.2) is 49.0 Å². The van der Waals surface area contributed by atoms with E-state index in [0.29, 0.717) is 18.7 Å². The van der Waals surface area contributed by atoms with Crippen molar-refractivity contribution in [1.82, 2.24) is 15.2 Å². The maximum atomic E-state index is 13.2. The molecule has 0 unspecified atom stereocenters. The summed E-state index contributed by atoms with van der Waals surface area (Å²) in [4.78, 5) is 22.7. The Kier molecular flexibility index (Phi) is 7.39. The van der Waals surface area contributed by atoms with Crippen molar-refractivity contribution < 1.29 is 9.53 Å². The molecule has 1 amide bonds. The predicted octanol–water partition coefficient (Wildman–Crippen LogP) is 4.36. The van der Waals surface area contributed by atoms with Gasteiger partial charge in [0.25, 0.3) is 5.91 Å². The van der Waals surface area contributed by atoms with Gasteiger partial charge < -0.3 is 19.9 Å². The van der Waals surface area contributed by atoms with Crippen molar-refractivity contribution in [3.05, 3.63) is 76.2 Å². The van der Waals surface area contributed by atoms with E-state index in [2.05, 4.69) is 51.8 Å². The van der Waals surface area contributed by atoms with E-state index < -0.39 is 0 Å². The number of benzene rings is 1. The zero-order valence-corrected chi connectivity index (χ0v) is 19.5. The van der Waals surface area contributed by atoms with Gasteiger partial charge in [-0.2, -0.15) is 0 Å². The van der Waals surface area contributed by atoms with Crippen LogP contribution in [0, 0.1) is 0 Å². The summed E-state index contributed by atoms with van der Waals surface area (Å²) in [6.07, 6.45) is 4.38. The van der Waals surface area contributed by atoms with Gasteiger partial charge in [0.05, 0.1) is 11.3 Å². The number of carbonyl (C=O) groups excluding carboxylic acids is 1. The molecule has 1 aromatic carbocycles. The summed E-state index contributed by atoms with van der Waals surface area (Å²) in [5, 5.41) is 5.29. The standard InChI is InChI=1S/C25H30N4O2S/c1-3-28-14-15-29(25(30)21-17-27-13-10-22(21)28)18-19-6-8-20(9-7-19)31-23(11-12-26-2)24-5-4-16-32-24/h4-10,13,16-17,23,26H,3,11-12,14-15,18H2,1-2H3/t23-/m0/s1. The Balaban J connectivity index is 1.45. The lowest BCUT2D eigenvalue weighted by atomic mass is 10.1. The lowest BCUT2D eigenvalue weighted by molar-refractivity contribution is 0.0754. The number of thiophene rings is 1. The summed E-state index contributed by atoms with van der Waals surface area (Å²) < 4.78 is 6.30. The van der Waals surface area contributed by atoms with Crippen LogP contribution in [-0.2, 0) is 6.54 Å². The summed E-state index contributed by atoms with van der Waals surface area (Å²) in [6.45, 7) is 5.94. The molecule has 4 rings (SSSR count). The highest BCUT2D eigenvalue weighted by molar-refractivity contribution is 7.10. The molecule has 3 aromatic rings. The van der Waals surface area contributed by atoms with Crippen LogP contribution >= 0.6 is 11.3 Å². The van der Waals surface area contributed by atoms with Gasteiger partial charge in [0, 0.05) is 49.9 Å². The fourth-order valence-corrected chi connectivity index (χ4v) is 4.80. The molecule has 6 nitrogen and oxygen atoms in total. The van der Waals surface area contributed by atoms with Crippen molar-refractivity contribution in [1.29, 1.82) is 0 Å². The maximum Gasteiger partial charge on any atom is 0.257 e. The van der Waals surface area contributed by atoms with Crippen LogP contribution in [0.3, 0.4) is 0 Å². The van der Waals surface area contributed by atoms with Crippen molar-refractivity contribution in [3.8, 4) is 5.75 Å². The van der Waals surface area contributed by atoms with E-state index in [1.165, 1.54) is 4.88 Å². The van der Waals surface area contributed by atoms with Gasteiger partial charge in [0.2, 0.25) is 0 Å². The van der Waals surface area contributed by atoms with Crippen LogP contribution in [0.4, 0.5) is 5.69 Å². The summed E-state index contributed by atoms with van der Waals surface area (Å²) in [6, 6.07) is 14.2. The molecule has 168 valence electrons. The average Bonchev–Trinajstić information content (AvgIpc) is 3.33. The van der Waals surface area contributed by atoms with E-state index in [9.17, 15) is 4.79 Å². The molecular weight excluding hydrogens is 420 g/mol. The van der Waals surface area contributed by atoms with Gasteiger partial charge in [-0.25, -0.2) is 0 Å². The first kappa shape index (κ1) is 22.3. The zero-order chi connectivity index (χ0) is 22.3. The highest BCUT2D eigenvalue weighted by Crippen LogP contribution is 2.29. The lowest BCUT2D eigenvalue weighted by Gasteiger charge is -2.23. The van der Waals surface area contributed by atoms with Gasteiger partial charge in [0.15, 0.2) is 0 Å². The molecule has 3 heterocycles. The van der Waals surface area contributed by atoms with Crippen molar-refractivity contribution in [2.75, 3.05) is 38.1 Å². The molecule has 0 saturated heterocycles. The molecule has 32 heavy (non-hydrogen) atoms. The van der Waals surface area contributed by atoms with Crippen LogP contribution in [0.15, 0.2) is 60.2 Å². The minimum Gasteiger partial charge on any atom is -0.485 e. The van der Waals surface area contributed by atoms with E-state index >= 15 is 0 Å². The third-order valence-electron chi connectivity index (χ3n) is 5.77. The first-order valence-corrected chi connectivity index (χ1v) is 12.0. The first-order chi connectivity index (χ1) is 15.7. The molecular formula is C25H30N4O2S. The van der Waals surface area contributed by atoms with Crippen molar-refractivity contribution in [2.45, 2.75) is 26.0 Å². The summed E-state index contributed by atoms with van der Waals surface area (Å²) in [7, 11) is 1.96. The second-order valence-corrected chi connectivity index (χ2v) is 8.84. The lowest BCUT2D eigenvalue weighted by Crippen LogP contribution is -2.34. The third kappa shape index (κ3) is 5.11. The van der Waals surface area contributed by atoms with Crippen molar-refractivity contribution in [3.63, 3.8) is 0 Å². The first-order valence-electron chi connectivity index (χ1n) is 11.1. The number of ether oxygens (including phenoxy) is 1. The third-order valence-corrected chi connectivity index (χ3v) is 6.73. The van der Waals surface area contributed by atoms with Gasteiger partial charge in [0.1, 0.15) is 11.9 Å². The van der Waals surface area contributed by atoms with Crippen LogP contribution in [0.5, 0.6) is 5.75 Å². The number of aromatic nitrogens is 1. The number of nitrogens with one attached hydrogen (secondary N) is 1. The Morgan fingerprint density at radius 2 is 1.97 bits per heavy atom. The van der Waals surface area contributed by atoms with Gasteiger partial charge >= 0.3 is 0 Å². The molecule has 1 aliphatic rings. The van der Waals surface area contributed by atoms with E-state index in [0.717, 1.165) is 43.1 Å². The molecule has 0 bridgehead atoms. The number of hydrogen-bond acceptors (Lipinski definition) is 6. The Morgan fingerprint density at radius 3 is 2.69 bits per heavy atom. The van der Waals surface area contributed by atoms with E-state index in [1.807, 2.05) is 30.1 Å². The summed E-state index contributed by atoms with van der Waals surface area (Å²) in [5.41, 5.74) is 2.74. The Hall–Kier alpha value is -2.90. The Labute approximate surface area is 193 Å². The SMILES string of the molecule is CCN1CCN(Cc2ccc(O[C@@H](CCNC)c3cccs3)cc2)C(=O)c2cnccc21. The normalized spacial score (nSPS) is 14.8. The van der Waals surface area contributed by atoms with Gasteiger partial charge in [-0.05, 0) is 55.7 Å². The maximum absolute atomic E-state index is 13.2. The minimum atomic E-state index is 0.0320. The van der Waals surface area contributed by atoms with Gasteiger partial charge in [-0.3, -0.25) is 9.78 Å². The van der Waals surface area contributed by atoms with E-state index in [4.69, 9.17) is 4.74 Å². The smallest absolute Gasteiger partial charge is 0.257 e. The van der Waals surface area contributed by atoms with Crippen LogP contribution in [0.25, 0.3) is 0 Å². The van der Waals surface area contributed by atoms with Crippen LogP contribution < -0.4 is 15.0 Å². The predicted molar refractivity (Wildman–Crippen MR) is 130 cm³/mol. The second kappa shape index (κ2) is 10.6. The number of anilines is 1. The molecule has 7 heteroatoms. The molecule has 0 aliphatic carbocycles. The molecule has 2 aromatic heterocycles. The van der Waals surface area contributed by atoms with Crippen molar-refractivity contribution >= 4 is 22.9 Å². The molecule has 0 radical (unpaired) electrons. The van der Waals surface area contributed by atoms with Crippen molar-refractivity contribution in [2.24, 2.45) is 0 Å². The molecule has 1 aliphatic heterocycles. The number of likely N-dealkylation sites (N-methyl/N-ethyl adjacent to an activating group) is 1. The summed E-state index contributed by atoms with van der Waals surface area (Å²) >= 11 is 1.72. The Morgan fingerprint density at radius 1 is 1.16 bits per heavy atom. The zero-order valence-electron chi connectivity index (χ0n) is 18.7. The quantitative estimate of drug-likeness (QED) is 0.525. The highest BCUT2D eigenvalue weighted by Gasteiger charge is 2.26. The van der Waals surface area contributed by atoms with E-state index in [1.54, 1.807) is 23.7 Å². The number of pyridine rings is 1. The molecule has 0 saturated carbocycles. The van der Waals surface area contributed by atoms with Gasteiger partial charge in [-0.15, -0.1) is 11.3 Å². The average molecular weight is 451 g/mol. The molecule has 0 spiro atoms. The molecule has 0 fully saturated rings. The number of amides is 1. The molecule has 1 atom stereocenters. The highest BCUT2D eigenvalue weighted by atomic mass is 32.1.